The summed E-state index contributed by atoms with van der Waals surface area (Å²) in [4.78, 5) is 12.5. The Labute approximate surface area is 116 Å². The molecule has 0 spiro atoms. The molecular weight excluding hydrogens is 268 g/mol. The van der Waals surface area contributed by atoms with E-state index in [0.29, 0.717) is 21.3 Å². The van der Waals surface area contributed by atoms with Gasteiger partial charge in [0.25, 0.3) is 0 Å². The molecule has 2 rings (SSSR count). The number of hydrogen-bond donors (Lipinski definition) is 3. The zero-order valence-electron chi connectivity index (χ0n) is 9.35. The lowest BCUT2D eigenvalue weighted by atomic mass is 10.3. The van der Waals surface area contributed by atoms with Crippen LogP contribution in [0.2, 0.25) is 5.02 Å². The minimum Gasteiger partial charge on any atom is -0.307 e. The number of thiol groups is 1. The van der Waals surface area contributed by atoms with Gasteiger partial charge in [-0.25, -0.2) is 4.79 Å². The molecule has 0 bridgehead atoms. The molecule has 0 aliphatic carbocycles. The molecule has 0 aromatic heterocycles. The van der Waals surface area contributed by atoms with Crippen molar-refractivity contribution < 1.29 is 4.79 Å². The summed E-state index contributed by atoms with van der Waals surface area (Å²) < 4.78 is 0. The molecule has 2 N–H and O–H groups in total. The van der Waals surface area contributed by atoms with E-state index in [1.165, 1.54) is 0 Å². The van der Waals surface area contributed by atoms with Gasteiger partial charge in [0, 0.05) is 4.90 Å². The maximum absolute atomic E-state index is 11.8. The number of nitrogens with one attached hydrogen (secondary N) is 2. The number of urea groups is 1. The molecule has 0 fully saturated rings. The first-order valence-corrected chi connectivity index (χ1v) is 6.10. The van der Waals surface area contributed by atoms with Gasteiger partial charge in [-0.3, -0.25) is 0 Å². The molecule has 0 radical (unpaired) electrons. The molecule has 92 valence electrons. The second-order valence-corrected chi connectivity index (χ2v) is 4.47. The van der Waals surface area contributed by atoms with Gasteiger partial charge in [0.2, 0.25) is 0 Å². The van der Waals surface area contributed by atoms with Crippen LogP contribution in [0.3, 0.4) is 0 Å². The van der Waals surface area contributed by atoms with Gasteiger partial charge < -0.3 is 10.6 Å². The predicted molar refractivity (Wildman–Crippen MR) is 77.8 cm³/mol. The summed E-state index contributed by atoms with van der Waals surface area (Å²) in [6, 6.07) is 13.9. The normalized spacial score (nSPS) is 9.89. The molecule has 3 nitrogen and oxygen atoms in total. The van der Waals surface area contributed by atoms with E-state index in [-0.39, 0.29) is 6.03 Å². The fourth-order valence-corrected chi connectivity index (χ4v) is 1.82. The summed E-state index contributed by atoms with van der Waals surface area (Å²) in [5.41, 5.74) is 1.21. The number of carbonyl (C=O) groups is 1. The molecule has 0 heterocycles. The number of halogens is 1. The molecule has 0 aliphatic rings. The van der Waals surface area contributed by atoms with E-state index >= 15 is 0 Å². The van der Waals surface area contributed by atoms with Crippen molar-refractivity contribution in [2.45, 2.75) is 4.90 Å². The van der Waals surface area contributed by atoms with Crippen LogP contribution in [0.15, 0.2) is 53.4 Å². The molecule has 2 aromatic rings. The Hall–Kier alpha value is -1.65. The number of carbonyl (C=O) groups excluding carboxylic acids is 1. The van der Waals surface area contributed by atoms with Crippen LogP contribution < -0.4 is 10.6 Å². The van der Waals surface area contributed by atoms with Crippen LogP contribution in [-0.2, 0) is 0 Å². The smallest absolute Gasteiger partial charge is 0.307 e. The van der Waals surface area contributed by atoms with Gasteiger partial charge >= 0.3 is 6.03 Å². The van der Waals surface area contributed by atoms with Crippen molar-refractivity contribution in [1.82, 2.24) is 0 Å². The minimum atomic E-state index is -0.357. The van der Waals surface area contributed by atoms with Gasteiger partial charge in [-0.05, 0) is 24.3 Å². The van der Waals surface area contributed by atoms with Crippen LogP contribution >= 0.6 is 24.2 Å². The third-order valence-electron chi connectivity index (χ3n) is 2.27. The van der Waals surface area contributed by atoms with Crippen LogP contribution in [0, 0.1) is 0 Å². The highest BCUT2D eigenvalue weighted by Gasteiger charge is 2.06. The number of para-hydroxylation sites is 2. The lowest BCUT2D eigenvalue weighted by molar-refractivity contribution is 0.262. The highest BCUT2D eigenvalue weighted by Crippen LogP contribution is 2.22. The lowest BCUT2D eigenvalue weighted by Gasteiger charge is -2.10. The monoisotopic (exact) mass is 278 g/mol. The van der Waals surface area contributed by atoms with Crippen LogP contribution in [0.4, 0.5) is 16.2 Å². The fourth-order valence-electron chi connectivity index (χ4n) is 1.42. The van der Waals surface area contributed by atoms with Crippen LogP contribution in [0.5, 0.6) is 0 Å². The lowest BCUT2D eigenvalue weighted by Crippen LogP contribution is -2.19. The molecule has 0 atom stereocenters. The van der Waals surface area contributed by atoms with Crippen LogP contribution in [0.25, 0.3) is 0 Å². The Balaban J connectivity index is 2.06. The third-order valence-corrected chi connectivity index (χ3v) is 2.99. The van der Waals surface area contributed by atoms with E-state index in [4.69, 9.17) is 11.6 Å². The van der Waals surface area contributed by atoms with Crippen molar-refractivity contribution in [2.75, 3.05) is 10.6 Å². The van der Waals surface area contributed by atoms with Crippen LogP contribution in [-0.4, -0.2) is 6.03 Å². The van der Waals surface area contributed by atoms with Gasteiger partial charge in [0.05, 0.1) is 16.4 Å². The van der Waals surface area contributed by atoms with E-state index in [1.54, 1.807) is 36.4 Å². The first-order chi connectivity index (χ1) is 8.66. The quantitative estimate of drug-likeness (QED) is 0.706. The third kappa shape index (κ3) is 3.18. The Morgan fingerprint density at radius 2 is 1.50 bits per heavy atom. The van der Waals surface area contributed by atoms with Crippen molar-refractivity contribution in [3.63, 3.8) is 0 Å². The Morgan fingerprint density at radius 3 is 2.17 bits per heavy atom. The van der Waals surface area contributed by atoms with E-state index in [2.05, 4.69) is 23.3 Å². The summed E-state index contributed by atoms with van der Waals surface area (Å²) in [5.74, 6) is 0. The van der Waals surface area contributed by atoms with Crippen molar-refractivity contribution in [2.24, 2.45) is 0 Å². The van der Waals surface area contributed by atoms with Crippen LogP contribution in [0.1, 0.15) is 0 Å². The number of rotatable bonds is 2. The molecule has 0 unspecified atom stereocenters. The molecular formula is C13H11ClN2OS. The molecule has 5 heteroatoms. The van der Waals surface area contributed by atoms with Gasteiger partial charge in [-0.1, -0.05) is 35.9 Å². The summed E-state index contributed by atoms with van der Waals surface area (Å²) in [6.45, 7) is 0. The molecule has 0 aliphatic heterocycles. The highest BCUT2D eigenvalue weighted by molar-refractivity contribution is 7.80. The van der Waals surface area contributed by atoms with E-state index < -0.39 is 0 Å². The van der Waals surface area contributed by atoms with Crippen molar-refractivity contribution in [3.8, 4) is 0 Å². The Morgan fingerprint density at radius 1 is 0.944 bits per heavy atom. The summed E-state index contributed by atoms with van der Waals surface area (Å²) in [5, 5.41) is 5.86. The molecule has 2 aromatic carbocycles. The van der Waals surface area contributed by atoms with Gasteiger partial charge in [0.1, 0.15) is 0 Å². The molecule has 2 amide bonds. The van der Waals surface area contributed by atoms with E-state index in [1.807, 2.05) is 12.1 Å². The summed E-state index contributed by atoms with van der Waals surface area (Å²) in [6.07, 6.45) is 0. The summed E-state index contributed by atoms with van der Waals surface area (Å²) in [7, 11) is 0. The summed E-state index contributed by atoms with van der Waals surface area (Å²) >= 11 is 10.2. The average molecular weight is 279 g/mol. The second kappa shape index (κ2) is 5.80. The maximum Gasteiger partial charge on any atom is 0.323 e. The van der Waals surface area contributed by atoms with Gasteiger partial charge in [-0.2, -0.15) is 0 Å². The van der Waals surface area contributed by atoms with Crippen molar-refractivity contribution in [3.05, 3.63) is 53.6 Å². The first kappa shape index (κ1) is 12.8. The number of amides is 2. The van der Waals surface area contributed by atoms with E-state index in [0.717, 1.165) is 0 Å². The topological polar surface area (TPSA) is 41.1 Å². The zero-order valence-corrected chi connectivity index (χ0v) is 11.0. The minimum absolute atomic E-state index is 0.357. The number of hydrogen-bond acceptors (Lipinski definition) is 2. The van der Waals surface area contributed by atoms with Gasteiger partial charge in [-0.15, -0.1) is 12.6 Å². The SMILES string of the molecule is O=C(Nc1ccccc1S)Nc1ccccc1Cl. The fraction of sp³-hybridized carbons (Fsp3) is 0. The molecule has 0 saturated carbocycles. The molecule has 0 saturated heterocycles. The number of benzene rings is 2. The van der Waals surface area contributed by atoms with Crippen molar-refractivity contribution in [1.29, 1.82) is 0 Å². The maximum atomic E-state index is 11.8. The predicted octanol–water partition coefficient (Wildman–Crippen LogP) is 4.27. The van der Waals surface area contributed by atoms with Gasteiger partial charge in [0.15, 0.2) is 0 Å². The highest BCUT2D eigenvalue weighted by atomic mass is 35.5. The average Bonchev–Trinajstić information content (AvgIpc) is 2.35. The Bertz CT molecular complexity index is 525. The first-order valence-electron chi connectivity index (χ1n) is 5.27. The zero-order chi connectivity index (χ0) is 13.0. The Kier molecular flexibility index (Phi) is 4.12. The largest absolute Gasteiger partial charge is 0.323 e. The van der Waals surface area contributed by atoms with Crippen molar-refractivity contribution >= 4 is 41.6 Å². The molecule has 18 heavy (non-hydrogen) atoms. The standard InChI is InChI=1S/C13H11ClN2OS/c14-9-5-1-2-6-10(9)15-13(17)16-11-7-3-4-8-12(11)18/h1-8,18H,(H2,15,16,17). The van der Waals surface area contributed by atoms with E-state index in [9.17, 15) is 4.79 Å². The second-order valence-electron chi connectivity index (χ2n) is 3.58. The number of anilines is 2.